The third-order valence-electron chi connectivity index (χ3n) is 9.35. The van der Waals surface area contributed by atoms with Gasteiger partial charge in [0.05, 0.1) is 25.7 Å². The van der Waals surface area contributed by atoms with Gasteiger partial charge >= 0.3 is 0 Å². The summed E-state index contributed by atoms with van der Waals surface area (Å²) in [5, 5.41) is 10.8. The average Bonchev–Trinajstić information content (AvgIpc) is 3.51. The number of benzene rings is 2. The van der Waals surface area contributed by atoms with Gasteiger partial charge in [-0.15, -0.1) is 0 Å². The van der Waals surface area contributed by atoms with Gasteiger partial charge in [0.2, 0.25) is 17.1 Å². The van der Waals surface area contributed by atoms with E-state index in [1.807, 2.05) is 22.8 Å². The number of amides is 1. The standard InChI is InChI=1S/C36H37N3O7/c37-33(41)17-29(24-5-7-27(8-6-24)44-12-10-22-4-9-32-25(14-22)11-13-45-32)36-35(43)31(40)16-28(46-36)21-38-18-23-15-26(20-38)30-2-1-3-34(42)39(30)19-23/h1-9,14,16,23,26,29,43H,10-13,15,17-21H2,(H2,37,41)/t23-,26+,29-/m1/s1. The lowest BCUT2D eigenvalue weighted by atomic mass is 9.83. The lowest BCUT2D eigenvalue weighted by molar-refractivity contribution is -0.118. The number of pyridine rings is 1. The maximum atomic E-state index is 13.0. The largest absolute Gasteiger partial charge is 0.502 e. The van der Waals surface area contributed by atoms with Crippen LogP contribution in [-0.2, 0) is 30.7 Å². The molecule has 3 aliphatic heterocycles. The van der Waals surface area contributed by atoms with Gasteiger partial charge in [-0.2, -0.15) is 0 Å². The van der Waals surface area contributed by atoms with Crippen LogP contribution in [0.4, 0.5) is 0 Å². The van der Waals surface area contributed by atoms with Crippen molar-refractivity contribution in [3.05, 3.63) is 121 Å². The van der Waals surface area contributed by atoms with Crippen molar-refractivity contribution < 1.29 is 23.8 Å². The topological polar surface area (TPSA) is 137 Å². The molecule has 0 saturated carbocycles. The number of aromatic nitrogens is 1. The highest BCUT2D eigenvalue weighted by atomic mass is 16.5. The second kappa shape index (κ2) is 12.5. The molecule has 10 nitrogen and oxygen atoms in total. The van der Waals surface area contributed by atoms with Gasteiger partial charge in [-0.25, -0.2) is 0 Å². The molecular formula is C36H37N3O7. The number of hydrogen-bond acceptors (Lipinski definition) is 8. The molecule has 0 unspecified atom stereocenters. The van der Waals surface area contributed by atoms with Gasteiger partial charge < -0.3 is 29.3 Å². The third-order valence-corrected chi connectivity index (χ3v) is 9.35. The first-order valence-electron chi connectivity index (χ1n) is 15.8. The van der Waals surface area contributed by atoms with E-state index < -0.39 is 23.0 Å². The van der Waals surface area contributed by atoms with Crippen molar-refractivity contribution >= 4 is 5.91 Å². The van der Waals surface area contributed by atoms with E-state index in [1.165, 1.54) is 17.2 Å². The van der Waals surface area contributed by atoms with Crippen molar-refractivity contribution in [1.29, 1.82) is 0 Å². The molecule has 1 fully saturated rings. The number of nitrogens with zero attached hydrogens (tertiary/aromatic N) is 2. The van der Waals surface area contributed by atoms with E-state index in [0.717, 1.165) is 43.9 Å². The molecule has 10 heteroatoms. The SMILES string of the molecule is NC(=O)C[C@H](c1ccc(OCCc2ccc3c(c2)CCO3)cc1)c1oc(CN2C[C@H]3C[C@@H](C2)c2cccc(=O)n2C3)cc(=O)c1O. The first kappa shape index (κ1) is 29.9. The molecule has 46 heavy (non-hydrogen) atoms. The molecule has 0 spiro atoms. The number of nitrogens with two attached hydrogens (primary N) is 1. The summed E-state index contributed by atoms with van der Waals surface area (Å²) in [5.74, 6) is 0.668. The number of piperidine rings is 1. The Kier molecular flexibility index (Phi) is 8.12. The number of carbonyl (C=O) groups is 1. The Bertz CT molecular complexity index is 1880. The van der Waals surface area contributed by atoms with E-state index in [2.05, 4.69) is 17.0 Å². The van der Waals surface area contributed by atoms with Crippen molar-refractivity contribution in [2.24, 2.45) is 11.7 Å². The molecule has 2 bridgehead atoms. The Hall–Kier alpha value is -4.83. The molecule has 0 aliphatic carbocycles. The highest BCUT2D eigenvalue weighted by Gasteiger charge is 2.35. The van der Waals surface area contributed by atoms with E-state index in [1.54, 1.807) is 30.3 Å². The number of hydrogen-bond donors (Lipinski definition) is 2. The van der Waals surface area contributed by atoms with Crippen LogP contribution in [0.25, 0.3) is 0 Å². The molecule has 3 atom stereocenters. The fourth-order valence-electron chi connectivity index (χ4n) is 7.26. The van der Waals surface area contributed by atoms with E-state index in [9.17, 15) is 19.5 Å². The molecule has 5 heterocycles. The second-order valence-electron chi connectivity index (χ2n) is 12.6. The van der Waals surface area contributed by atoms with Crippen LogP contribution >= 0.6 is 0 Å². The Labute approximate surface area is 266 Å². The molecule has 1 amide bonds. The first-order valence-corrected chi connectivity index (χ1v) is 15.8. The Morgan fingerprint density at radius 1 is 1.04 bits per heavy atom. The van der Waals surface area contributed by atoms with Crippen LogP contribution < -0.4 is 26.2 Å². The maximum Gasteiger partial charge on any atom is 0.250 e. The number of likely N-dealkylation sites (tertiary alicyclic amines) is 1. The van der Waals surface area contributed by atoms with Gasteiger partial charge in [0.1, 0.15) is 17.3 Å². The molecular weight excluding hydrogens is 586 g/mol. The molecule has 238 valence electrons. The Balaban J connectivity index is 1.06. The van der Waals surface area contributed by atoms with Crippen molar-refractivity contribution in [2.75, 3.05) is 26.3 Å². The van der Waals surface area contributed by atoms with Gasteiger partial charge in [-0.1, -0.05) is 30.3 Å². The second-order valence-corrected chi connectivity index (χ2v) is 12.6. The minimum atomic E-state index is -0.757. The molecule has 1 saturated heterocycles. The number of rotatable bonds is 10. The number of primary amides is 1. The molecule has 2 aromatic heterocycles. The predicted molar refractivity (Wildman–Crippen MR) is 170 cm³/mol. The monoisotopic (exact) mass is 623 g/mol. The average molecular weight is 624 g/mol. The third kappa shape index (κ3) is 6.17. The number of carbonyl (C=O) groups excluding carboxylic acids is 1. The van der Waals surface area contributed by atoms with Crippen LogP contribution in [0.1, 0.15) is 58.6 Å². The Morgan fingerprint density at radius 2 is 1.89 bits per heavy atom. The zero-order valence-electron chi connectivity index (χ0n) is 25.5. The minimum absolute atomic E-state index is 0.0182. The zero-order valence-corrected chi connectivity index (χ0v) is 25.5. The predicted octanol–water partition coefficient (Wildman–Crippen LogP) is 3.69. The summed E-state index contributed by atoms with van der Waals surface area (Å²) >= 11 is 0. The zero-order chi connectivity index (χ0) is 31.8. The van der Waals surface area contributed by atoms with Crippen LogP contribution in [0.5, 0.6) is 17.2 Å². The summed E-state index contributed by atoms with van der Waals surface area (Å²) in [6.07, 6.45) is 2.53. The summed E-state index contributed by atoms with van der Waals surface area (Å²) in [6.45, 7) is 3.71. The van der Waals surface area contributed by atoms with Gasteiger partial charge in [-0.3, -0.25) is 19.3 Å². The van der Waals surface area contributed by atoms with Gasteiger partial charge in [0.15, 0.2) is 5.76 Å². The normalized spacial score (nSPS) is 19.1. The van der Waals surface area contributed by atoms with Crippen LogP contribution in [-0.4, -0.2) is 46.8 Å². The van der Waals surface area contributed by atoms with Gasteiger partial charge in [0.25, 0.3) is 5.56 Å². The van der Waals surface area contributed by atoms with Gasteiger partial charge in [0, 0.05) is 62.6 Å². The molecule has 3 N–H and O–H groups in total. The van der Waals surface area contributed by atoms with E-state index in [0.29, 0.717) is 49.2 Å². The van der Waals surface area contributed by atoms with Crippen LogP contribution in [0.15, 0.2) is 80.7 Å². The van der Waals surface area contributed by atoms with Crippen LogP contribution in [0, 0.1) is 5.92 Å². The molecule has 2 aromatic carbocycles. The van der Waals surface area contributed by atoms with Crippen LogP contribution in [0.2, 0.25) is 0 Å². The van der Waals surface area contributed by atoms with Crippen molar-refractivity contribution in [3.63, 3.8) is 0 Å². The fourth-order valence-corrected chi connectivity index (χ4v) is 7.26. The number of aromatic hydroxyl groups is 1. The van der Waals surface area contributed by atoms with Crippen molar-refractivity contribution in [3.8, 4) is 17.2 Å². The fraction of sp³-hybridized carbons (Fsp3) is 0.361. The van der Waals surface area contributed by atoms with Crippen molar-refractivity contribution in [2.45, 2.75) is 50.6 Å². The first-order chi connectivity index (χ1) is 22.3. The summed E-state index contributed by atoms with van der Waals surface area (Å²) in [4.78, 5) is 39.8. The summed E-state index contributed by atoms with van der Waals surface area (Å²) in [5.41, 5.74) is 9.19. The highest BCUT2D eigenvalue weighted by molar-refractivity contribution is 5.75. The molecule has 4 aromatic rings. The van der Waals surface area contributed by atoms with E-state index in [-0.39, 0.29) is 23.7 Å². The quantitative estimate of drug-likeness (QED) is 0.273. The minimum Gasteiger partial charge on any atom is -0.502 e. The van der Waals surface area contributed by atoms with Crippen LogP contribution in [0.3, 0.4) is 0 Å². The maximum absolute atomic E-state index is 13.0. The smallest absolute Gasteiger partial charge is 0.250 e. The highest BCUT2D eigenvalue weighted by Crippen LogP contribution is 2.37. The Morgan fingerprint density at radius 3 is 2.72 bits per heavy atom. The number of ether oxygens (including phenoxy) is 2. The lowest BCUT2D eigenvalue weighted by Crippen LogP contribution is -2.46. The lowest BCUT2D eigenvalue weighted by Gasteiger charge is -2.42. The number of fused-ring (bicyclic) bond motifs is 5. The van der Waals surface area contributed by atoms with Gasteiger partial charge in [-0.05, 0) is 53.3 Å². The summed E-state index contributed by atoms with van der Waals surface area (Å²) < 4.78 is 19.7. The molecule has 7 rings (SSSR count). The van der Waals surface area contributed by atoms with E-state index in [4.69, 9.17) is 19.6 Å². The van der Waals surface area contributed by atoms with E-state index >= 15 is 0 Å². The molecule has 0 radical (unpaired) electrons. The van der Waals surface area contributed by atoms with Crippen molar-refractivity contribution in [1.82, 2.24) is 9.47 Å². The summed E-state index contributed by atoms with van der Waals surface area (Å²) in [7, 11) is 0. The summed E-state index contributed by atoms with van der Waals surface area (Å²) in [6, 6.07) is 20.2. The molecule has 3 aliphatic rings.